The quantitative estimate of drug-likeness (QED) is 0.392. The zero-order valence-corrected chi connectivity index (χ0v) is 19.8. The van der Waals surface area contributed by atoms with Gasteiger partial charge in [-0.25, -0.2) is 13.1 Å². The fraction of sp³-hybridized carbons (Fsp3) is 0.160. The highest BCUT2D eigenvalue weighted by Gasteiger charge is 2.14. The van der Waals surface area contributed by atoms with Crippen molar-refractivity contribution in [3.05, 3.63) is 83.9 Å². The van der Waals surface area contributed by atoms with Crippen LogP contribution in [0.3, 0.4) is 0 Å². The molecule has 0 saturated heterocycles. The highest BCUT2D eigenvalue weighted by atomic mass is 32.2. The summed E-state index contributed by atoms with van der Waals surface area (Å²) < 4.78 is 32.2. The Morgan fingerprint density at radius 3 is 2.03 bits per heavy atom. The van der Waals surface area contributed by atoms with E-state index in [1.807, 2.05) is 31.2 Å². The van der Waals surface area contributed by atoms with E-state index in [-0.39, 0.29) is 24.5 Å². The van der Waals surface area contributed by atoms with E-state index in [4.69, 9.17) is 10.00 Å². The van der Waals surface area contributed by atoms with Gasteiger partial charge in [-0.15, -0.1) is 0 Å². The molecule has 0 aromatic heterocycles. The second-order valence-corrected chi connectivity index (χ2v) is 9.33. The van der Waals surface area contributed by atoms with Crippen molar-refractivity contribution in [2.24, 2.45) is 0 Å². The van der Waals surface area contributed by atoms with Gasteiger partial charge in [0, 0.05) is 13.0 Å². The molecular weight excluding hydrogens is 468 g/mol. The van der Waals surface area contributed by atoms with Crippen LogP contribution in [0.4, 0.5) is 0 Å². The molecule has 3 N–H and O–H groups in total. The summed E-state index contributed by atoms with van der Waals surface area (Å²) in [6.45, 7) is 1.40. The molecule has 180 valence electrons. The van der Waals surface area contributed by atoms with Crippen molar-refractivity contribution in [1.29, 1.82) is 5.26 Å². The lowest BCUT2D eigenvalue weighted by atomic mass is 10.0. The molecular formula is C25H24N4O5S. The summed E-state index contributed by atoms with van der Waals surface area (Å²) >= 11 is 0. The number of amides is 2. The lowest BCUT2D eigenvalue weighted by molar-refractivity contribution is -0.129. The van der Waals surface area contributed by atoms with Crippen molar-refractivity contribution in [3.63, 3.8) is 0 Å². The third-order valence-electron chi connectivity index (χ3n) is 4.89. The molecule has 35 heavy (non-hydrogen) atoms. The Morgan fingerprint density at radius 1 is 0.857 bits per heavy atom. The number of aryl methyl sites for hydroxylation is 1. The second-order valence-electron chi connectivity index (χ2n) is 7.56. The number of hydrogen-bond donors (Lipinski definition) is 3. The smallest absolute Gasteiger partial charge is 0.276 e. The third-order valence-corrected chi connectivity index (χ3v) is 6.37. The number of carbonyl (C=O) groups is 2. The van der Waals surface area contributed by atoms with Crippen LogP contribution in [0.25, 0.3) is 11.1 Å². The molecule has 9 nitrogen and oxygen atoms in total. The van der Waals surface area contributed by atoms with E-state index in [0.29, 0.717) is 11.3 Å². The van der Waals surface area contributed by atoms with E-state index in [1.165, 1.54) is 12.1 Å². The van der Waals surface area contributed by atoms with Gasteiger partial charge in [-0.1, -0.05) is 42.0 Å². The Morgan fingerprint density at radius 2 is 1.43 bits per heavy atom. The van der Waals surface area contributed by atoms with E-state index >= 15 is 0 Å². The molecule has 0 saturated carbocycles. The Balaban J connectivity index is 1.37. The lowest BCUT2D eigenvalue weighted by Gasteiger charge is -2.10. The molecule has 3 aromatic carbocycles. The van der Waals surface area contributed by atoms with Crippen LogP contribution < -0.4 is 20.3 Å². The minimum Gasteiger partial charge on any atom is -0.484 e. The SMILES string of the molecule is Cc1ccc(S(=O)(=O)NCCC(=O)NNC(=O)COc2ccc(-c3ccc(C#N)cc3)cc2)cc1. The standard InChI is InChI=1S/C25H24N4O5S/c1-18-2-12-23(13-3-18)35(32,33)27-15-14-24(30)28-29-25(31)17-34-22-10-8-21(9-11-22)20-6-4-19(16-26)5-7-20/h2-13,27H,14-15,17H2,1H3,(H,28,30)(H,29,31). The number of rotatable bonds is 9. The van der Waals surface area contributed by atoms with Crippen molar-refractivity contribution >= 4 is 21.8 Å². The first-order chi connectivity index (χ1) is 16.8. The molecule has 3 aromatic rings. The van der Waals surface area contributed by atoms with Crippen molar-refractivity contribution < 1.29 is 22.7 Å². The van der Waals surface area contributed by atoms with Crippen LogP contribution in [-0.4, -0.2) is 33.4 Å². The van der Waals surface area contributed by atoms with Gasteiger partial charge in [0.15, 0.2) is 6.61 Å². The van der Waals surface area contributed by atoms with Crippen LogP contribution in [0.2, 0.25) is 0 Å². The van der Waals surface area contributed by atoms with Gasteiger partial charge < -0.3 is 4.74 Å². The van der Waals surface area contributed by atoms with Gasteiger partial charge in [0.05, 0.1) is 16.5 Å². The van der Waals surface area contributed by atoms with Gasteiger partial charge in [0.1, 0.15) is 5.75 Å². The molecule has 3 rings (SSSR count). The first-order valence-electron chi connectivity index (χ1n) is 10.6. The van der Waals surface area contributed by atoms with E-state index in [1.54, 1.807) is 36.4 Å². The molecule has 0 aliphatic carbocycles. The van der Waals surface area contributed by atoms with E-state index in [2.05, 4.69) is 21.6 Å². The summed E-state index contributed by atoms with van der Waals surface area (Å²) in [4.78, 5) is 23.9. The minimum atomic E-state index is -3.72. The zero-order valence-electron chi connectivity index (χ0n) is 18.9. The van der Waals surface area contributed by atoms with Gasteiger partial charge in [0.25, 0.3) is 5.91 Å². The molecule has 0 radical (unpaired) electrons. The van der Waals surface area contributed by atoms with Gasteiger partial charge in [-0.2, -0.15) is 5.26 Å². The number of hydrazine groups is 1. The minimum absolute atomic E-state index is 0.110. The highest BCUT2D eigenvalue weighted by Crippen LogP contribution is 2.22. The largest absolute Gasteiger partial charge is 0.484 e. The number of hydrogen-bond acceptors (Lipinski definition) is 6. The fourth-order valence-electron chi connectivity index (χ4n) is 2.97. The summed E-state index contributed by atoms with van der Waals surface area (Å²) in [5, 5.41) is 8.87. The zero-order chi connectivity index (χ0) is 25.3. The number of nitriles is 1. The van der Waals surface area contributed by atoms with Crippen molar-refractivity contribution in [2.45, 2.75) is 18.2 Å². The molecule has 0 atom stereocenters. The molecule has 10 heteroatoms. The van der Waals surface area contributed by atoms with Gasteiger partial charge in [-0.3, -0.25) is 20.4 Å². The topological polar surface area (TPSA) is 137 Å². The van der Waals surface area contributed by atoms with Crippen LogP contribution in [0.1, 0.15) is 17.5 Å². The summed E-state index contributed by atoms with van der Waals surface area (Å²) in [6.07, 6.45) is -0.164. The van der Waals surface area contributed by atoms with Gasteiger partial charge in [0.2, 0.25) is 15.9 Å². The number of nitrogens with zero attached hydrogens (tertiary/aromatic N) is 1. The maximum absolute atomic E-state index is 12.2. The Kier molecular flexibility index (Phi) is 8.56. The summed E-state index contributed by atoms with van der Waals surface area (Å²) in [5.41, 5.74) is 7.82. The number of sulfonamides is 1. The normalized spacial score (nSPS) is 10.7. The predicted molar refractivity (Wildman–Crippen MR) is 129 cm³/mol. The molecule has 0 bridgehead atoms. The maximum atomic E-state index is 12.2. The summed E-state index contributed by atoms with van der Waals surface area (Å²) in [5.74, 6) is -0.666. The van der Waals surface area contributed by atoms with Gasteiger partial charge >= 0.3 is 0 Å². The van der Waals surface area contributed by atoms with Crippen molar-refractivity contribution in [1.82, 2.24) is 15.6 Å². The molecule has 0 spiro atoms. The Bertz CT molecular complexity index is 1310. The van der Waals surface area contributed by atoms with Crippen LogP contribution >= 0.6 is 0 Å². The predicted octanol–water partition coefficient (Wildman–Crippen LogP) is 2.43. The van der Waals surface area contributed by atoms with Gasteiger partial charge in [-0.05, 0) is 54.4 Å². The maximum Gasteiger partial charge on any atom is 0.276 e. The third kappa shape index (κ3) is 7.67. The molecule has 2 amide bonds. The molecule has 0 heterocycles. The van der Waals surface area contributed by atoms with Crippen molar-refractivity contribution in [2.75, 3.05) is 13.2 Å². The van der Waals surface area contributed by atoms with Crippen LogP contribution in [0.5, 0.6) is 5.75 Å². The number of ether oxygens (including phenoxy) is 1. The number of benzene rings is 3. The summed E-state index contributed by atoms with van der Waals surface area (Å²) in [7, 11) is -3.72. The first kappa shape index (κ1) is 25.4. The first-order valence-corrected chi connectivity index (χ1v) is 12.1. The molecule has 0 fully saturated rings. The average Bonchev–Trinajstić information content (AvgIpc) is 2.87. The van der Waals surface area contributed by atoms with E-state index in [0.717, 1.165) is 16.7 Å². The number of carbonyl (C=O) groups excluding carboxylic acids is 2. The highest BCUT2D eigenvalue weighted by molar-refractivity contribution is 7.89. The van der Waals surface area contributed by atoms with Crippen LogP contribution in [-0.2, 0) is 19.6 Å². The monoisotopic (exact) mass is 492 g/mol. The number of nitrogens with one attached hydrogen (secondary N) is 3. The molecule has 0 aliphatic heterocycles. The second kappa shape index (κ2) is 11.8. The molecule has 0 unspecified atom stereocenters. The van der Waals surface area contributed by atoms with E-state index < -0.39 is 21.8 Å². The van der Waals surface area contributed by atoms with Crippen molar-refractivity contribution in [3.8, 4) is 22.9 Å². The Hall–Kier alpha value is -4.20. The molecule has 0 aliphatic rings. The Labute approximate surface area is 203 Å². The van der Waals surface area contributed by atoms with Crippen LogP contribution in [0, 0.1) is 18.3 Å². The summed E-state index contributed by atoms with van der Waals surface area (Å²) in [6, 6.07) is 22.6. The van der Waals surface area contributed by atoms with Crippen LogP contribution in [0.15, 0.2) is 77.7 Å². The average molecular weight is 493 g/mol. The lowest BCUT2D eigenvalue weighted by Crippen LogP contribution is -2.44. The van der Waals surface area contributed by atoms with E-state index in [9.17, 15) is 18.0 Å². The fourth-order valence-corrected chi connectivity index (χ4v) is 4.00.